The van der Waals surface area contributed by atoms with Crippen molar-refractivity contribution in [3.63, 3.8) is 0 Å². The van der Waals surface area contributed by atoms with Crippen LogP contribution in [0.2, 0.25) is 0 Å². The van der Waals surface area contributed by atoms with Gasteiger partial charge in [0.25, 0.3) is 0 Å². The van der Waals surface area contributed by atoms with Crippen LogP contribution in [0.25, 0.3) is 0 Å². The van der Waals surface area contributed by atoms with E-state index in [0.29, 0.717) is 26.2 Å². The molecule has 0 radical (unpaired) electrons. The average molecular weight is 342 g/mol. The molecule has 0 saturated carbocycles. The van der Waals surface area contributed by atoms with Gasteiger partial charge in [-0.15, -0.1) is 0 Å². The Morgan fingerprint density at radius 1 is 1.32 bits per heavy atom. The standard InChI is InChI=1S/C19H26N4O2/c1-15-12-22(14-19(2,3)25-15)18(24)20-11-16-7-4-5-8-17(16)13-23-10-6-9-21-23/h4-10,15H,11-14H2,1-3H3,(H,20,24). The number of aromatic nitrogens is 2. The average Bonchev–Trinajstić information content (AvgIpc) is 3.05. The third-order valence-corrected chi connectivity index (χ3v) is 4.30. The van der Waals surface area contributed by atoms with Gasteiger partial charge in [0.05, 0.1) is 24.8 Å². The molecule has 1 aliphatic heterocycles. The summed E-state index contributed by atoms with van der Waals surface area (Å²) in [7, 11) is 0. The van der Waals surface area contributed by atoms with Gasteiger partial charge in [-0.05, 0) is 38.0 Å². The molecule has 2 aromatic rings. The summed E-state index contributed by atoms with van der Waals surface area (Å²) in [5.41, 5.74) is 1.95. The molecule has 1 aromatic carbocycles. The molecule has 3 rings (SSSR count). The molecule has 1 atom stereocenters. The van der Waals surface area contributed by atoms with Crippen LogP contribution in [0, 0.1) is 0 Å². The highest BCUT2D eigenvalue weighted by Gasteiger charge is 2.33. The number of hydrogen-bond donors (Lipinski definition) is 1. The smallest absolute Gasteiger partial charge is 0.317 e. The number of ether oxygens (including phenoxy) is 1. The van der Waals surface area contributed by atoms with E-state index in [1.54, 1.807) is 6.20 Å². The van der Waals surface area contributed by atoms with Crippen LogP contribution in [0.1, 0.15) is 31.9 Å². The summed E-state index contributed by atoms with van der Waals surface area (Å²) in [6.45, 7) is 8.44. The number of nitrogens with zero attached hydrogens (tertiary/aromatic N) is 3. The second-order valence-corrected chi connectivity index (χ2v) is 7.20. The number of benzene rings is 1. The first-order valence-electron chi connectivity index (χ1n) is 8.68. The monoisotopic (exact) mass is 342 g/mol. The minimum Gasteiger partial charge on any atom is -0.369 e. The van der Waals surface area contributed by atoms with Crippen LogP contribution < -0.4 is 5.32 Å². The van der Waals surface area contributed by atoms with Crippen molar-refractivity contribution in [2.45, 2.75) is 45.6 Å². The minimum absolute atomic E-state index is 0.0431. The first kappa shape index (κ1) is 17.5. The summed E-state index contributed by atoms with van der Waals surface area (Å²) in [4.78, 5) is 14.4. The summed E-state index contributed by atoms with van der Waals surface area (Å²) in [5.74, 6) is 0. The molecule has 6 nitrogen and oxygen atoms in total. The SMILES string of the molecule is CC1CN(C(=O)NCc2ccccc2Cn2cccn2)CC(C)(C)O1. The maximum atomic E-state index is 12.6. The molecule has 1 fully saturated rings. The summed E-state index contributed by atoms with van der Waals surface area (Å²) in [6.07, 6.45) is 3.75. The van der Waals surface area contributed by atoms with Gasteiger partial charge in [-0.1, -0.05) is 24.3 Å². The molecule has 1 saturated heterocycles. The molecular formula is C19H26N4O2. The second kappa shape index (κ2) is 7.27. The van der Waals surface area contributed by atoms with Gasteiger partial charge in [0, 0.05) is 25.5 Å². The molecule has 0 aliphatic carbocycles. The van der Waals surface area contributed by atoms with Gasteiger partial charge in [-0.3, -0.25) is 4.68 Å². The lowest BCUT2D eigenvalue weighted by molar-refractivity contribution is -0.117. The Balaban J connectivity index is 1.62. The van der Waals surface area contributed by atoms with Gasteiger partial charge < -0.3 is 15.0 Å². The predicted octanol–water partition coefficient (Wildman–Crippen LogP) is 2.64. The molecule has 0 bridgehead atoms. The highest BCUT2D eigenvalue weighted by atomic mass is 16.5. The van der Waals surface area contributed by atoms with Crippen molar-refractivity contribution in [3.05, 3.63) is 53.9 Å². The van der Waals surface area contributed by atoms with Gasteiger partial charge in [0.2, 0.25) is 0 Å². The van der Waals surface area contributed by atoms with Crippen LogP contribution in [0.15, 0.2) is 42.7 Å². The summed E-state index contributed by atoms with van der Waals surface area (Å²) < 4.78 is 7.75. The fourth-order valence-electron chi connectivity index (χ4n) is 3.34. The van der Waals surface area contributed by atoms with Crippen molar-refractivity contribution >= 4 is 6.03 Å². The molecule has 1 aromatic heterocycles. The van der Waals surface area contributed by atoms with E-state index in [0.717, 1.165) is 11.1 Å². The summed E-state index contributed by atoms with van der Waals surface area (Å²) in [6, 6.07) is 9.99. The Morgan fingerprint density at radius 2 is 2.08 bits per heavy atom. The van der Waals surface area contributed by atoms with Gasteiger partial charge in [0.15, 0.2) is 0 Å². The van der Waals surface area contributed by atoms with E-state index in [1.807, 2.05) is 60.8 Å². The van der Waals surface area contributed by atoms with E-state index in [4.69, 9.17) is 4.74 Å². The third kappa shape index (κ3) is 4.60. The highest BCUT2D eigenvalue weighted by molar-refractivity contribution is 5.74. The molecule has 1 N–H and O–H groups in total. The van der Waals surface area contributed by atoms with E-state index in [9.17, 15) is 4.79 Å². The number of carbonyl (C=O) groups excluding carboxylic acids is 1. The number of hydrogen-bond acceptors (Lipinski definition) is 3. The number of amides is 2. The van der Waals surface area contributed by atoms with Crippen molar-refractivity contribution < 1.29 is 9.53 Å². The molecular weight excluding hydrogens is 316 g/mol. The molecule has 1 unspecified atom stereocenters. The number of urea groups is 1. The fraction of sp³-hybridized carbons (Fsp3) is 0.474. The van der Waals surface area contributed by atoms with E-state index in [-0.39, 0.29) is 17.7 Å². The van der Waals surface area contributed by atoms with Crippen molar-refractivity contribution in [2.75, 3.05) is 13.1 Å². The zero-order valence-corrected chi connectivity index (χ0v) is 15.1. The Morgan fingerprint density at radius 3 is 2.76 bits per heavy atom. The molecule has 0 spiro atoms. The molecule has 2 amide bonds. The van der Waals surface area contributed by atoms with Crippen molar-refractivity contribution in [2.24, 2.45) is 0 Å². The lowest BCUT2D eigenvalue weighted by Gasteiger charge is -2.41. The van der Waals surface area contributed by atoms with E-state index in [2.05, 4.69) is 16.5 Å². The Bertz CT molecular complexity index is 712. The molecule has 2 heterocycles. The quantitative estimate of drug-likeness (QED) is 0.929. The number of carbonyl (C=O) groups is 1. The van der Waals surface area contributed by atoms with Gasteiger partial charge in [-0.25, -0.2) is 4.79 Å². The van der Waals surface area contributed by atoms with Crippen LogP contribution in [-0.4, -0.2) is 45.5 Å². The Hall–Kier alpha value is -2.34. The van der Waals surface area contributed by atoms with E-state index in [1.165, 1.54) is 0 Å². The van der Waals surface area contributed by atoms with Crippen molar-refractivity contribution in [1.29, 1.82) is 0 Å². The van der Waals surface area contributed by atoms with Crippen LogP contribution in [0.4, 0.5) is 4.79 Å². The zero-order chi connectivity index (χ0) is 17.9. The molecule has 1 aliphatic rings. The maximum absolute atomic E-state index is 12.6. The van der Waals surface area contributed by atoms with Crippen molar-refractivity contribution in [1.82, 2.24) is 20.0 Å². The first-order chi connectivity index (χ1) is 11.9. The number of morpholine rings is 1. The van der Waals surface area contributed by atoms with Crippen molar-refractivity contribution in [3.8, 4) is 0 Å². The normalized spacial score (nSPS) is 19.6. The van der Waals surface area contributed by atoms with Gasteiger partial charge >= 0.3 is 6.03 Å². The van der Waals surface area contributed by atoms with Crippen LogP contribution in [0.3, 0.4) is 0 Å². The Labute approximate surface area is 148 Å². The third-order valence-electron chi connectivity index (χ3n) is 4.30. The zero-order valence-electron chi connectivity index (χ0n) is 15.1. The molecule has 25 heavy (non-hydrogen) atoms. The van der Waals surface area contributed by atoms with E-state index >= 15 is 0 Å². The fourth-order valence-corrected chi connectivity index (χ4v) is 3.34. The molecule has 134 valence electrons. The van der Waals surface area contributed by atoms with Gasteiger partial charge in [0.1, 0.15) is 0 Å². The van der Waals surface area contributed by atoms with Gasteiger partial charge in [-0.2, -0.15) is 5.10 Å². The maximum Gasteiger partial charge on any atom is 0.317 e. The summed E-state index contributed by atoms with van der Waals surface area (Å²) in [5, 5.41) is 7.30. The summed E-state index contributed by atoms with van der Waals surface area (Å²) >= 11 is 0. The molecule has 6 heteroatoms. The minimum atomic E-state index is -0.312. The first-order valence-corrected chi connectivity index (χ1v) is 8.68. The lowest BCUT2D eigenvalue weighted by Crippen LogP contribution is -2.56. The van der Waals surface area contributed by atoms with E-state index < -0.39 is 0 Å². The number of nitrogens with one attached hydrogen (secondary N) is 1. The van der Waals surface area contributed by atoms with Crippen LogP contribution in [-0.2, 0) is 17.8 Å². The topological polar surface area (TPSA) is 59.4 Å². The van der Waals surface area contributed by atoms with Crippen LogP contribution >= 0.6 is 0 Å². The second-order valence-electron chi connectivity index (χ2n) is 7.20. The lowest BCUT2D eigenvalue weighted by atomic mass is 10.1. The van der Waals surface area contributed by atoms with Crippen LogP contribution in [0.5, 0.6) is 0 Å². The highest BCUT2D eigenvalue weighted by Crippen LogP contribution is 2.20. The predicted molar refractivity (Wildman–Crippen MR) is 96.2 cm³/mol. The largest absolute Gasteiger partial charge is 0.369 e. The number of rotatable bonds is 4. The Kier molecular flexibility index (Phi) is 5.08.